The van der Waals surface area contributed by atoms with Crippen molar-refractivity contribution in [2.45, 2.75) is 20.0 Å². The number of aromatic nitrogens is 2. The van der Waals surface area contributed by atoms with Crippen molar-refractivity contribution in [1.82, 2.24) is 9.55 Å². The van der Waals surface area contributed by atoms with Gasteiger partial charge in [-0.1, -0.05) is 17.7 Å². The minimum absolute atomic E-state index is 0.441. The van der Waals surface area contributed by atoms with E-state index in [1.165, 1.54) is 0 Å². The Bertz CT molecular complexity index is 525. The number of nitrogens with zero attached hydrogens (tertiary/aromatic N) is 2. The molecule has 0 unspecified atom stereocenters. The predicted molar refractivity (Wildman–Crippen MR) is 71.8 cm³/mol. The summed E-state index contributed by atoms with van der Waals surface area (Å²) in [5.41, 5.74) is 6.61. The lowest BCUT2D eigenvalue weighted by Crippen LogP contribution is -2.10. The summed E-state index contributed by atoms with van der Waals surface area (Å²) in [4.78, 5) is 4.16. The fraction of sp³-hybridized carbons (Fsp3) is 0.308. The fourth-order valence-corrected chi connectivity index (χ4v) is 1.89. The molecule has 0 aliphatic carbocycles. The third-order valence-electron chi connectivity index (χ3n) is 2.76. The van der Waals surface area contributed by atoms with Crippen LogP contribution in [-0.4, -0.2) is 16.2 Å². The molecule has 5 heteroatoms. The summed E-state index contributed by atoms with van der Waals surface area (Å²) in [6, 6.07) is 5.50. The molecule has 0 fully saturated rings. The molecule has 1 aromatic heterocycles. The summed E-state index contributed by atoms with van der Waals surface area (Å²) in [5, 5.41) is 0.654. The van der Waals surface area contributed by atoms with Crippen LogP contribution >= 0.6 is 11.6 Å². The van der Waals surface area contributed by atoms with Crippen LogP contribution in [0.25, 0.3) is 0 Å². The zero-order valence-electron chi connectivity index (χ0n) is 10.3. The molecule has 0 radical (unpaired) electrons. The van der Waals surface area contributed by atoms with Gasteiger partial charge in [0.25, 0.3) is 0 Å². The largest absolute Gasteiger partial charge is 0.491 e. The van der Waals surface area contributed by atoms with Gasteiger partial charge in [-0.15, -0.1) is 0 Å². The van der Waals surface area contributed by atoms with E-state index in [9.17, 15) is 0 Å². The Kier molecular flexibility index (Phi) is 4.23. The first kappa shape index (κ1) is 12.9. The van der Waals surface area contributed by atoms with Gasteiger partial charge in [0.1, 0.15) is 18.2 Å². The Morgan fingerprint density at radius 1 is 1.44 bits per heavy atom. The Labute approximate surface area is 111 Å². The minimum Gasteiger partial charge on any atom is -0.491 e. The van der Waals surface area contributed by atoms with Crippen LogP contribution < -0.4 is 10.5 Å². The molecule has 4 nitrogen and oxygen atoms in total. The molecule has 2 aromatic rings. The molecular weight excluding hydrogens is 250 g/mol. The molecule has 0 amide bonds. The van der Waals surface area contributed by atoms with Crippen LogP contribution in [0.1, 0.15) is 11.4 Å². The molecule has 0 bridgehead atoms. The average Bonchev–Trinajstić information content (AvgIpc) is 2.76. The van der Waals surface area contributed by atoms with E-state index >= 15 is 0 Å². The highest BCUT2D eigenvalue weighted by Gasteiger charge is 2.04. The molecule has 0 atom stereocenters. The monoisotopic (exact) mass is 265 g/mol. The standard InChI is InChI=1S/C13H16ClN3O/c1-10-16-4-5-17(10)6-7-18-13-8-12(14)3-2-11(13)9-15/h2-5,8H,6-7,9,15H2,1H3. The Balaban J connectivity index is 1.98. The van der Waals surface area contributed by atoms with Crippen LogP contribution in [0, 0.1) is 6.92 Å². The number of nitrogens with two attached hydrogens (primary N) is 1. The van der Waals surface area contributed by atoms with Crippen LogP contribution in [0.15, 0.2) is 30.6 Å². The van der Waals surface area contributed by atoms with Crippen LogP contribution in [0.5, 0.6) is 5.75 Å². The molecule has 0 aliphatic rings. The van der Waals surface area contributed by atoms with Crippen molar-refractivity contribution in [2.24, 2.45) is 5.73 Å². The van der Waals surface area contributed by atoms with Crippen molar-refractivity contribution in [3.05, 3.63) is 47.0 Å². The summed E-state index contributed by atoms with van der Waals surface area (Å²) >= 11 is 5.94. The number of halogens is 1. The van der Waals surface area contributed by atoms with Gasteiger partial charge in [-0.25, -0.2) is 4.98 Å². The Morgan fingerprint density at radius 3 is 2.94 bits per heavy atom. The van der Waals surface area contributed by atoms with E-state index in [4.69, 9.17) is 22.1 Å². The van der Waals surface area contributed by atoms with E-state index in [0.717, 1.165) is 23.7 Å². The van der Waals surface area contributed by atoms with Gasteiger partial charge < -0.3 is 15.0 Å². The third-order valence-corrected chi connectivity index (χ3v) is 3.00. The highest BCUT2D eigenvalue weighted by Crippen LogP contribution is 2.23. The third kappa shape index (κ3) is 3.03. The lowest BCUT2D eigenvalue weighted by molar-refractivity contribution is 0.294. The number of rotatable bonds is 5. The zero-order valence-corrected chi connectivity index (χ0v) is 11.0. The van der Waals surface area contributed by atoms with Gasteiger partial charge in [0, 0.05) is 29.5 Å². The number of hydrogen-bond acceptors (Lipinski definition) is 3. The van der Waals surface area contributed by atoms with E-state index < -0.39 is 0 Å². The summed E-state index contributed by atoms with van der Waals surface area (Å²) in [6.45, 7) is 3.72. The molecular formula is C13H16ClN3O. The highest BCUT2D eigenvalue weighted by molar-refractivity contribution is 6.30. The molecule has 0 spiro atoms. The second-order valence-electron chi connectivity index (χ2n) is 3.97. The number of aryl methyl sites for hydroxylation is 1. The second kappa shape index (κ2) is 5.89. The Morgan fingerprint density at radius 2 is 2.28 bits per heavy atom. The summed E-state index contributed by atoms with van der Waals surface area (Å²) < 4.78 is 7.76. The molecule has 0 saturated carbocycles. The first-order valence-corrected chi connectivity index (χ1v) is 6.17. The summed E-state index contributed by atoms with van der Waals surface area (Å²) in [6.07, 6.45) is 3.71. The van der Waals surface area contributed by atoms with Gasteiger partial charge in [0.05, 0.1) is 6.54 Å². The van der Waals surface area contributed by atoms with Gasteiger partial charge >= 0.3 is 0 Å². The van der Waals surface area contributed by atoms with E-state index in [0.29, 0.717) is 18.2 Å². The quantitative estimate of drug-likeness (QED) is 0.903. The molecule has 0 aliphatic heterocycles. The van der Waals surface area contributed by atoms with Gasteiger partial charge in [-0.2, -0.15) is 0 Å². The van der Waals surface area contributed by atoms with Crippen LogP contribution in [-0.2, 0) is 13.1 Å². The van der Waals surface area contributed by atoms with Crippen molar-refractivity contribution < 1.29 is 4.74 Å². The number of hydrogen-bond donors (Lipinski definition) is 1. The lowest BCUT2D eigenvalue weighted by Gasteiger charge is -2.11. The Hall–Kier alpha value is -1.52. The van der Waals surface area contributed by atoms with Gasteiger partial charge in [-0.05, 0) is 19.1 Å². The number of imidazole rings is 1. The molecule has 2 rings (SSSR count). The predicted octanol–water partition coefficient (Wildman–Crippen LogP) is 2.38. The van der Waals surface area contributed by atoms with Crippen LogP contribution in [0.3, 0.4) is 0 Å². The van der Waals surface area contributed by atoms with Gasteiger partial charge in [-0.3, -0.25) is 0 Å². The zero-order chi connectivity index (χ0) is 13.0. The van der Waals surface area contributed by atoms with Crippen molar-refractivity contribution in [2.75, 3.05) is 6.61 Å². The SMILES string of the molecule is Cc1nccn1CCOc1cc(Cl)ccc1CN. The topological polar surface area (TPSA) is 53.1 Å². The minimum atomic E-state index is 0.441. The average molecular weight is 266 g/mol. The lowest BCUT2D eigenvalue weighted by atomic mass is 10.2. The van der Waals surface area contributed by atoms with Crippen molar-refractivity contribution >= 4 is 11.6 Å². The molecule has 18 heavy (non-hydrogen) atoms. The fourth-order valence-electron chi connectivity index (χ4n) is 1.73. The first-order chi connectivity index (χ1) is 8.70. The van der Waals surface area contributed by atoms with Crippen molar-refractivity contribution in [1.29, 1.82) is 0 Å². The molecule has 1 heterocycles. The maximum atomic E-state index is 5.94. The molecule has 96 valence electrons. The van der Waals surface area contributed by atoms with Crippen LogP contribution in [0.4, 0.5) is 0 Å². The first-order valence-electron chi connectivity index (χ1n) is 5.79. The maximum absolute atomic E-state index is 5.94. The van der Waals surface area contributed by atoms with E-state index in [2.05, 4.69) is 4.98 Å². The highest BCUT2D eigenvalue weighted by atomic mass is 35.5. The maximum Gasteiger partial charge on any atom is 0.125 e. The second-order valence-corrected chi connectivity index (χ2v) is 4.41. The number of benzene rings is 1. The van der Waals surface area contributed by atoms with E-state index in [1.807, 2.05) is 29.8 Å². The van der Waals surface area contributed by atoms with Gasteiger partial charge in [0.2, 0.25) is 0 Å². The normalized spacial score (nSPS) is 10.6. The van der Waals surface area contributed by atoms with Crippen LogP contribution in [0.2, 0.25) is 5.02 Å². The molecule has 2 N–H and O–H groups in total. The van der Waals surface area contributed by atoms with Gasteiger partial charge in [0.15, 0.2) is 0 Å². The molecule has 1 aromatic carbocycles. The molecule has 0 saturated heterocycles. The van der Waals surface area contributed by atoms with Crippen molar-refractivity contribution in [3.8, 4) is 5.75 Å². The number of ether oxygens (including phenoxy) is 1. The van der Waals surface area contributed by atoms with E-state index in [-0.39, 0.29) is 0 Å². The van der Waals surface area contributed by atoms with Crippen molar-refractivity contribution in [3.63, 3.8) is 0 Å². The summed E-state index contributed by atoms with van der Waals surface area (Å²) in [5.74, 6) is 1.73. The van der Waals surface area contributed by atoms with E-state index in [1.54, 1.807) is 12.3 Å². The smallest absolute Gasteiger partial charge is 0.125 e. The summed E-state index contributed by atoms with van der Waals surface area (Å²) in [7, 11) is 0.